The summed E-state index contributed by atoms with van der Waals surface area (Å²) in [6.45, 7) is 0.430. The first-order valence-electron chi connectivity index (χ1n) is 7.58. The van der Waals surface area contributed by atoms with Crippen LogP contribution >= 0.6 is 0 Å². The van der Waals surface area contributed by atoms with Gasteiger partial charge in [0.25, 0.3) is 0 Å². The summed E-state index contributed by atoms with van der Waals surface area (Å²) in [5.41, 5.74) is 0.822. The van der Waals surface area contributed by atoms with E-state index in [2.05, 4.69) is 10.1 Å². The van der Waals surface area contributed by atoms with Crippen LogP contribution in [0.1, 0.15) is 23.7 Å². The molecule has 0 radical (unpaired) electrons. The summed E-state index contributed by atoms with van der Waals surface area (Å²) in [7, 11) is 0. The lowest BCUT2D eigenvalue weighted by atomic mass is 10.1. The molecule has 2 atom stereocenters. The molecule has 3 rings (SSSR count). The average Bonchev–Trinajstić information content (AvgIpc) is 3.13. The molecule has 1 aromatic carbocycles. The van der Waals surface area contributed by atoms with Gasteiger partial charge >= 0.3 is 6.36 Å². The lowest BCUT2D eigenvalue weighted by Crippen LogP contribution is -2.27. The third-order valence-corrected chi connectivity index (χ3v) is 3.91. The summed E-state index contributed by atoms with van der Waals surface area (Å²) >= 11 is 0. The van der Waals surface area contributed by atoms with E-state index < -0.39 is 6.36 Å². The van der Waals surface area contributed by atoms with E-state index in [1.807, 2.05) is 6.07 Å². The normalized spacial score (nSPS) is 19.8. The number of carbonyl (C=O) groups excluding carboxylic acids is 1. The van der Waals surface area contributed by atoms with E-state index in [0.717, 1.165) is 17.7 Å². The van der Waals surface area contributed by atoms with E-state index in [-0.39, 0.29) is 23.5 Å². The van der Waals surface area contributed by atoms with Gasteiger partial charge in [0.2, 0.25) is 5.91 Å². The Morgan fingerprint density at radius 3 is 2.62 bits per heavy atom. The highest BCUT2D eigenvalue weighted by atomic mass is 19.4. The van der Waals surface area contributed by atoms with Crippen LogP contribution in [0.25, 0.3) is 0 Å². The number of rotatable bonds is 6. The summed E-state index contributed by atoms with van der Waals surface area (Å²) < 4.78 is 45.3. The molecule has 2 unspecified atom stereocenters. The molecular formula is C17H16F3NO3. The van der Waals surface area contributed by atoms with Crippen molar-refractivity contribution in [2.75, 3.05) is 6.54 Å². The molecule has 24 heavy (non-hydrogen) atoms. The topological polar surface area (TPSA) is 51.5 Å². The number of hydrogen-bond acceptors (Lipinski definition) is 3. The van der Waals surface area contributed by atoms with Gasteiger partial charge < -0.3 is 14.5 Å². The van der Waals surface area contributed by atoms with Crippen molar-refractivity contribution in [3.8, 4) is 5.75 Å². The number of amides is 1. The molecule has 1 saturated carbocycles. The van der Waals surface area contributed by atoms with Crippen molar-refractivity contribution in [3.63, 3.8) is 0 Å². The Hall–Kier alpha value is -2.44. The van der Waals surface area contributed by atoms with Gasteiger partial charge in [-0.05, 0) is 42.7 Å². The van der Waals surface area contributed by atoms with Gasteiger partial charge in [-0.25, -0.2) is 0 Å². The maximum absolute atomic E-state index is 12.1. The van der Waals surface area contributed by atoms with Crippen LogP contribution in [-0.2, 0) is 11.2 Å². The van der Waals surface area contributed by atoms with E-state index in [4.69, 9.17) is 4.42 Å². The predicted octanol–water partition coefficient (Wildman–Crippen LogP) is 3.64. The number of hydrogen-bond donors (Lipinski definition) is 1. The largest absolute Gasteiger partial charge is 0.573 e. The standard InChI is InChI=1S/C17H16F3NO3/c18-17(19,20)24-12-5-3-11(4-6-12)7-8-21-16(22)14-10-13(14)15-2-1-9-23-15/h1-6,9,13-14H,7-8,10H2,(H,21,22). The second-order valence-corrected chi connectivity index (χ2v) is 5.70. The minimum atomic E-state index is -4.69. The third kappa shape index (κ3) is 4.31. The summed E-state index contributed by atoms with van der Waals surface area (Å²) in [4.78, 5) is 12.0. The number of carbonyl (C=O) groups is 1. The van der Waals surface area contributed by atoms with Crippen LogP contribution in [0.5, 0.6) is 5.75 Å². The van der Waals surface area contributed by atoms with Gasteiger partial charge in [-0.2, -0.15) is 0 Å². The molecule has 7 heteroatoms. The van der Waals surface area contributed by atoms with Crippen molar-refractivity contribution in [3.05, 3.63) is 54.0 Å². The first-order chi connectivity index (χ1) is 11.4. The van der Waals surface area contributed by atoms with Crippen molar-refractivity contribution >= 4 is 5.91 Å². The van der Waals surface area contributed by atoms with Gasteiger partial charge in [0, 0.05) is 18.4 Å². The number of halogens is 3. The fourth-order valence-corrected chi connectivity index (χ4v) is 2.62. The maximum Gasteiger partial charge on any atom is 0.573 e. The van der Waals surface area contributed by atoms with Crippen LogP contribution < -0.4 is 10.1 Å². The van der Waals surface area contributed by atoms with E-state index in [1.165, 1.54) is 12.1 Å². The lowest BCUT2D eigenvalue weighted by molar-refractivity contribution is -0.274. The van der Waals surface area contributed by atoms with E-state index in [1.54, 1.807) is 24.5 Å². The minimum absolute atomic E-state index is 0.0200. The molecule has 0 aliphatic heterocycles. The second kappa shape index (κ2) is 6.59. The third-order valence-electron chi connectivity index (χ3n) is 3.91. The van der Waals surface area contributed by atoms with Crippen molar-refractivity contribution in [2.45, 2.75) is 25.1 Å². The van der Waals surface area contributed by atoms with Crippen molar-refractivity contribution in [1.82, 2.24) is 5.32 Å². The molecule has 1 amide bonds. The molecule has 0 spiro atoms. The first-order valence-corrected chi connectivity index (χ1v) is 7.58. The van der Waals surface area contributed by atoms with Crippen LogP contribution in [0.2, 0.25) is 0 Å². The molecule has 2 aromatic rings. The Bertz CT molecular complexity index is 680. The smallest absolute Gasteiger partial charge is 0.469 e. The van der Waals surface area contributed by atoms with Crippen LogP contribution in [0, 0.1) is 5.92 Å². The molecule has 1 aliphatic carbocycles. The highest BCUT2D eigenvalue weighted by Crippen LogP contribution is 2.47. The zero-order valence-electron chi connectivity index (χ0n) is 12.7. The highest BCUT2D eigenvalue weighted by molar-refractivity contribution is 5.82. The number of furan rings is 1. The van der Waals surface area contributed by atoms with E-state index in [9.17, 15) is 18.0 Å². The number of nitrogens with one attached hydrogen (secondary N) is 1. The van der Waals surface area contributed by atoms with Gasteiger partial charge in [-0.15, -0.1) is 13.2 Å². The van der Waals surface area contributed by atoms with E-state index in [0.29, 0.717) is 13.0 Å². The minimum Gasteiger partial charge on any atom is -0.469 e. The number of benzene rings is 1. The van der Waals surface area contributed by atoms with Crippen molar-refractivity contribution in [2.24, 2.45) is 5.92 Å². The van der Waals surface area contributed by atoms with Gasteiger partial charge in [0.1, 0.15) is 11.5 Å². The van der Waals surface area contributed by atoms with Crippen LogP contribution in [0.4, 0.5) is 13.2 Å². The fourth-order valence-electron chi connectivity index (χ4n) is 2.62. The molecule has 4 nitrogen and oxygen atoms in total. The second-order valence-electron chi connectivity index (χ2n) is 5.70. The SMILES string of the molecule is O=C(NCCc1ccc(OC(F)(F)F)cc1)C1CC1c1ccco1. The van der Waals surface area contributed by atoms with Gasteiger partial charge in [-0.3, -0.25) is 4.79 Å². The Morgan fingerprint density at radius 1 is 1.25 bits per heavy atom. The Kier molecular flexibility index (Phi) is 4.51. The first kappa shape index (κ1) is 16.4. The van der Waals surface area contributed by atoms with Crippen LogP contribution in [-0.4, -0.2) is 18.8 Å². The molecule has 1 N–H and O–H groups in total. The molecule has 128 valence electrons. The summed E-state index contributed by atoms with van der Waals surface area (Å²) in [5, 5.41) is 2.85. The summed E-state index contributed by atoms with van der Waals surface area (Å²) in [6, 6.07) is 9.29. The quantitative estimate of drug-likeness (QED) is 0.874. The summed E-state index contributed by atoms with van der Waals surface area (Å²) in [5.74, 6) is 0.649. The molecule has 1 fully saturated rings. The lowest BCUT2D eigenvalue weighted by Gasteiger charge is -2.09. The molecular weight excluding hydrogens is 323 g/mol. The Balaban J connectivity index is 1.41. The molecule has 1 heterocycles. The molecule has 0 bridgehead atoms. The van der Waals surface area contributed by atoms with Crippen LogP contribution in [0.15, 0.2) is 47.1 Å². The molecule has 1 aromatic heterocycles. The predicted molar refractivity (Wildman–Crippen MR) is 79.4 cm³/mol. The Labute approximate surface area is 136 Å². The van der Waals surface area contributed by atoms with Gasteiger partial charge in [0.05, 0.1) is 6.26 Å². The van der Waals surface area contributed by atoms with Crippen molar-refractivity contribution in [1.29, 1.82) is 0 Å². The van der Waals surface area contributed by atoms with E-state index >= 15 is 0 Å². The zero-order chi connectivity index (χ0) is 17.2. The maximum atomic E-state index is 12.1. The molecule has 0 saturated heterocycles. The summed E-state index contributed by atoms with van der Waals surface area (Å²) in [6.07, 6.45) is -1.78. The average molecular weight is 339 g/mol. The zero-order valence-corrected chi connectivity index (χ0v) is 12.7. The van der Waals surface area contributed by atoms with Crippen molar-refractivity contribution < 1.29 is 27.1 Å². The Morgan fingerprint density at radius 2 is 2.00 bits per heavy atom. The van der Waals surface area contributed by atoms with Gasteiger partial charge in [-0.1, -0.05) is 12.1 Å². The fraction of sp³-hybridized carbons (Fsp3) is 0.353. The molecule has 1 aliphatic rings. The van der Waals surface area contributed by atoms with Gasteiger partial charge in [0.15, 0.2) is 0 Å². The highest BCUT2D eigenvalue weighted by Gasteiger charge is 2.45. The number of alkyl halides is 3. The number of ether oxygens (including phenoxy) is 1. The van der Waals surface area contributed by atoms with Crippen LogP contribution in [0.3, 0.4) is 0 Å². The monoisotopic (exact) mass is 339 g/mol.